The van der Waals surface area contributed by atoms with Crippen LogP contribution in [-0.4, -0.2) is 18.1 Å². The predicted octanol–water partition coefficient (Wildman–Crippen LogP) is 2.41. The Morgan fingerprint density at radius 1 is 1.20 bits per heavy atom. The molecule has 1 saturated heterocycles. The van der Waals surface area contributed by atoms with Gasteiger partial charge >= 0.3 is 0 Å². The number of nitrogens with one attached hydrogen (secondary N) is 1. The largest absolute Gasteiger partial charge is 0.448 e. The maximum absolute atomic E-state index is 5.61. The molecule has 1 unspecified atom stereocenters. The highest BCUT2D eigenvalue weighted by atomic mass is 16.3. The maximum atomic E-state index is 5.61. The summed E-state index contributed by atoms with van der Waals surface area (Å²) in [6.45, 7) is 2.18. The summed E-state index contributed by atoms with van der Waals surface area (Å²) in [5, 5.41) is 3.40. The lowest BCUT2D eigenvalue weighted by molar-refractivity contribution is 0.376. The van der Waals surface area contributed by atoms with Crippen molar-refractivity contribution in [2.45, 2.75) is 43.9 Å². The fourth-order valence-corrected chi connectivity index (χ4v) is 2.44. The van der Waals surface area contributed by atoms with E-state index in [1.807, 2.05) is 6.26 Å². The van der Waals surface area contributed by atoms with Crippen LogP contribution in [-0.2, 0) is 0 Å². The minimum absolute atomic E-state index is 0.507. The molecule has 1 saturated carbocycles. The van der Waals surface area contributed by atoms with Crippen LogP contribution in [0.15, 0.2) is 10.7 Å². The van der Waals surface area contributed by atoms with Crippen molar-refractivity contribution in [2.24, 2.45) is 0 Å². The molecular weight excluding hydrogens is 188 g/mol. The van der Waals surface area contributed by atoms with Crippen molar-refractivity contribution in [2.75, 3.05) is 13.1 Å². The van der Waals surface area contributed by atoms with E-state index >= 15 is 0 Å². The van der Waals surface area contributed by atoms with Gasteiger partial charge in [0, 0.05) is 18.4 Å². The van der Waals surface area contributed by atoms with E-state index in [0.29, 0.717) is 11.8 Å². The van der Waals surface area contributed by atoms with Gasteiger partial charge in [0.2, 0.25) is 0 Å². The van der Waals surface area contributed by atoms with Crippen molar-refractivity contribution in [1.82, 2.24) is 10.3 Å². The van der Waals surface area contributed by atoms with Gasteiger partial charge in [-0.15, -0.1) is 0 Å². The Hall–Kier alpha value is -0.830. The van der Waals surface area contributed by atoms with Gasteiger partial charge in [-0.1, -0.05) is 6.42 Å². The van der Waals surface area contributed by atoms with E-state index in [4.69, 9.17) is 4.42 Å². The normalized spacial score (nSPS) is 27.6. The van der Waals surface area contributed by atoms with Crippen molar-refractivity contribution in [3.63, 3.8) is 0 Å². The highest BCUT2D eigenvalue weighted by Gasteiger charge is 2.25. The average Bonchev–Trinajstić information content (AvgIpc) is 2.66. The van der Waals surface area contributed by atoms with E-state index in [9.17, 15) is 0 Å². The molecule has 0 amide bonds. The average molecular weight is 206 g/mol. The number of oxazole rings is 1. The molecule has 0 radical (unpaired) electrons. The summed E-state index contributed by atoms with van der Waals surface area (Å²) in [5.74, 6) is 2.16. The number of hydrogen-bond donors (Lipinski definition) is 1. The first-order valence-electron chi connectivity index (χ1n) is 6.09. The van der Waals surface area contributed by atoms with Gasteiger partial charge in [0.15, 0.2) is 5.89 Å². The first kappa shape index (κ1) is 9.40. The first-order valence-corrected chi connectivity index (χ1v) is 6.09. The first-order chi connectivity index (χ1) is 7.43. The second-order valence-corrected chi connectivity index (χ2v) is 4.78. The minimum atomic E-state index is 0.507. The number of rotatable bonds is 2. The van der Waals surface area contributed by atoms with Gasteiger partial charge in [0.25, 0.3) is 0 Å². The molecule has 1 aromatic heterocycles. The molecule has 3 nitrogen and oxygen atoms in total. The molecule has 2 aliphatic rings. The van der Waals surface area contributed by atoms with Crippen LogP contribution in [0.2, 0.25) is 0 Å². The van der Waals surface area contributed by atoms with Crippen molar-refractivity contribution in [3.8, 4) is 0 Å². The maximum Gasteiger partial charge on any atom is 0.198 e. The Labute approximate surface area is 90.3 Å². The lowest BCUT2D eigenvalue weighted by Gasteiger charge is -2.23. The zero-order valence-electron chi connectivity index (χ0n) is 9.04. The molecule has 1 aliphatic carbocycles. The van der Waals surface area contributed by atoms with Crippen LogP contribution >= 0.6 is 0 Å². The van der Waals surface area contributed by atoms with Crippen molar-refractivity contribution >= 4 is 0 Å². The van der Waals surface area contributed by atoms with Gasteiger partial charge in [-0.25, -0.2) is 4.98 Å². The molecule has 1 N–H and O–H groups in total. The third kappa shape index (κ3) is 1.81. The highest BCUT2D eigenvalue weighted by Crippen LogP contribution is 2.36. The number of aromatic nitrogens is 1. The van der Waals surface area contributed by atoms with Crippen LogP contribution in [0.5, 0.6) is 0 Å². The van der Waals surface area contributed by atoms with E-state index in [-0.39, 0.29) is 0 Å². The van der Waals surface area contributed by atoms with E-state index < -0.39 is 0 Å². The summed E-state index contributed by atoms with van der Waals surface area (Å²) in [7, 11) is 0. The Balaban J connectivity index is 1.71. The zero-order chi connectivity index (χ0) is 10.1. The summed E-state index contributed by atoms with van der Waals surface area (Å²) >= 11 is 0. The standard InChI is InChI=1S/C12H18N2O/c1-3-9(4-1)11-8-15-12(14-11)10-5-2-6-13-7-10/h8-10,13H,1-7H2. The minimum Gasteiger partial charge on any atom is -0.448 e. The van der Waals surface area contributed by atoms with Gasteiger partial charge in [-0.3, -0.25) is 0 Å². The van der Waals surface area contributed by atoms with E-state index in [1.54, 1.807) is 0 Å². The van der Waals surface area contributed by atoms with Crippen LogP contribution in [0.3, 0.4) is 0 Å². The van der Waals surface area contributed by atoms with E-state index in [2.05, 4.69) is 10.3 Å². The van der Waals surface area contributed by atoms with Crippen molar-refractivity contribution < 1.29 is 4.42 Å². The Bertz CT molecular complexity index is 324. The van der Waals surface area contributed by atoms with Crippen LogP contribution in [0.4, 0.5) is 0 Å². The molecule has 0 spiro atoms. The van der Waals surface area contributed by atoms with E-state index in [0.717, 1.165) is 19.0 Å². The molecule has 0 bridgehead atoms. The molecule has 15 heavy (non-hydrogen) atoms. The predicted molar refractivity (Wildman–Crippen MR) is 57.9 cm³/mol. The third-order valence-electron chi connectivity index (χ3n) is 3.71. The lowest BCUT2D eigenvalue weighted by Crippen LogP contribution is -2.28. The second kappa shape index (κ2) is 3.97. The summed E-state index contributed by atoms with van der Waals surface area (Å²) in [6.07, 6.45) is 8.30. The summed E-state index contributed by atoms with van der Waals surface area (Å²) < 4.78 is 5.61. The second-order valence-electron chi connectivity index (χ2n) is 4.78. The summed E-state index contributed by atoms with van der Waals surface area (Å²) in [4.78, 5) is 4.65. The molecule has 0 aromatic carbocycles. The molecule has 3 rings (SSSR count). The van der Waals surface area contributed by atoms with Gasteiger partial charge in [0.05, 0.1) is 5.69 Å². The molecule has 1 aliphatic heterocycles. The molecule has 82 valence electrons. The van der Waals surface area contributed by atoms with Crippen LogP contribution < -0.4 is 5.32 Å². The zero-order valence-corrected chi connectivity index (χ0v) is 9.04. The molecule has 2 heterocycles. The summed E-state index contributed by atoms with van der Waals surface area (Å²) in [6, 6.07) is 0. The Morgan fingerprint density at radius 3 is 2.73 bits per heavy atom. The monoisotopic (exact) mass is 206 g/mol. The van der Waals surface area contributed by atoms with Gasteiger partial charge in [-0.2, -0.15) is 0 Å². The van der Waals surface area contributed by atoms with Crippen molar-refractivity contribution in [3.05, 3.63) is 17.8 Å². The van der Waals surface area contributed by atoms with Gasteiger partial charge in [-0.05, 0) is 32.2 Å². The highest BCUT2D eigenvalue weighted by molar-refractivity contribution is 5.10. The number of nitrogens with zero attached hydrogens (tertiary/aromatic N) is 1. The Kier molecular flexibility index (Phi) is 2.49. The van der Waals surface area contributed by atoms with E-state index in [1.165, 1.54) is 37.8 Å². The lowest BCUT2D eigenvalue weighted by atomic mass is 9.83. The SMILES string of the molecule is c1oc(C2CCCNC2)nc1C1CCC1. The molecule has 1 atom stereocenters. The molecule has 1 aromatic rings. The fourth-order valence-electron chi connectivity index (χ4n) is 2.44. The van der Waals surface area contributed by atoms with Gasteiger partial charge < -0.3 is 9.73 Å². The smallest absolute Gasteiger partial charge is 0.198 e. The molecular formula is C12H18N2O. The molecule has 3 heteroatoms. The van der Waals surface area contributed by atoms with Crippen LogP contribution in [0.1, 0.15) is 55.5 Å². The number of piperidine rings is 1. The quantitative estimate of drug-likeness (QED) is 0.807. The van der Waals surface area contributed by atoms with Crippen molar-refractivity contribution in [1.29, 1.82) is 0 Å². The topological polar surface area (TPSA) is 38.1 Å². The fraction of sp³-hybridized carbons (Fsp3) is 0.750. The van der Waals surface area contributed by atoms with Crippen LogP contribution in [0.25, 0.3) is 0 Å². The molecule has 2 fully saturated rings. The van der Waals surface area contributed by atoms with Gasteiger partial charge in [0.1, 0.15) is 6.26 Å². The third-order valence-corrected chi connectivity index (χ3v) is 3.71. The summed E-state index contributed by atoms with van der Waals surface area (Å²) in [5.41, 5.74) is 1.20. The van der Waals surface area contributed by atoms with Crippen LogP contribution in [0, 0.1) is 0 Å². The number of hydrogen-bond acceptors (Lipinski definition) is 3. The Morgan fingerprint density at radius 2 is 2.07 bits per heavy atom.